The van der Waals surface area contributed by atoms with Gasteiger partial charge in [0.05, 0.1) is 24.1 Å². The summed E-state index contributed by atoms with van der Waals surface area (Å²) in [4.78, 5) is 28.4. The number of anilines is 1. The molecule has 3 rings (SSSR count). The van der Waals surface area contributed by atoms with Gasteiger partial charge in [-0.2, -0.15) is 0 Å². The van der Waals surface area contributed by atoms with Gasteiger partial charge in [-0.1, -0.05) is 22.0 Å². The highest BCUT2D eigenvalue weighted by Crippen LogP contribution is 2.18. The van der Waals surface area contributed by atoms with E-state index in [2.05, 4.69) is 31.2 Å². The fourth-order valence-corrected chi connectivity index (χ4v) is 2.53. The van der Waals surface area contributed by atoms with Crippen molar-refractivity contribution in [3.8, 4) is 5.75 Å². The molecule has 0 bridgehead atoms. The summed E-state index contributed by atoms with van der Waals surface area (Å²) in [5.41, 5.74) is 1.70. The van der Waals surface area contributed by atoms with Crippen molar-refractivity contribution >= 4 is 38.6 Å². The van der Waals surface area contributed by atoms with Crippen LogP contribution < -0.4 is 15.7 Å². The standard InChI is InChI=1S/C16H14BrN3O3/c17-10-2-1-3-12(8-10)23-7-6-15(21)18-11-4-5-13-14(9-11)20-16(22)19-13/h1-5,8-9H,6-7H2,(H,18,21)(H2,19,20,22). The lowest BCUT2D eigenvalue weighted by molar-refractivity contribution is -0.116. The number of fused-ring (bicyclic) bond motifs is 1. The third kappa shape index (κ3) is 4.01. The molecular weight excluding hydrogens is 362 g/mol. The Morgan fingerprint density at radius 2 is 1.96 bits per heavy atom. The summed E-state index contributed by atoms with van der Waals surface area (Å²) in [7, 11) is 0. The SMILES string of the molecule is O=C(CCOc1cccc(Br)c1)Nc1ccc2[nH]c(=O)[nH]c2c1. The van der Waals surface area contributed by atoms with Gasteiger partial charge in [-0.05, 0) is 36.4 Å². The predicted molar refractivity (Wildman–Crippen MR) is 91.8 cm³/mol. The van der Waals surface area contributed by atoms with Gasteiger partial charge in [0.2, 0.25) is 5.91 Å². The normalized spacial score (nSPS) is 10.7. The van der Waals surface area contributed by atoms with Crippen LogP contribution in [0.4, 0.5) is 5.69 Å². The van der Waals surface area contributed by atoms with Crippen molar-refractivity contribution in [2.45, 2.75) is 6.42 Å². The minimum atomic E-state index is -0.272. The van der Waals surface area contributed by atoms with Crippen LogP contribution in [0, 0.1) is 0 Å². The highest BCUT2D eigenvalue weighted by molar-refractivity contribution is 9.10. The van der Waals surface area contributed by atoms with E-state index in [0.29, 0.717) is 22.5 Å². The fourth-order valence-electron chi connectivity index (χ4n) is 2.15. The Morgan fingerprint density at radius 3 is 2.78 bits per heavy atom. The van der Waals surface area contributed by atoms with Crippen LogP contribution in [-0.2, 0) is 4.79 Å². The summed E-state index contributed by atoms with van der Waals surface area (Å²) in [6.07, 6.45) is 0.230. The van der Waals surface area contributed by atoms with Gasteiger partial charge in [-0.15, -0.1) is 0 Å². The molecule has 3 N–H and O–H groups in total. The number of hydrogen-bond acceptors (Lipinski definition) is 3. The largest absolute Gasteiger partial charge is 0.493 e. The number of H-pyrrole nitrogens is 2. The summed E-state index contributed by atoms with van der Waals surface area (Å²) in [6.45, 7) is 0.283. The van der Waals surface area contributed by atoms with E-state index in [1.54, 1.807) is 18.2 Å². The smallest absolute Gasteiger partial charge is 0.323 e. The Hall–Kier alpha value is -2.54. The minimum Gasteiger partial charge on any atom is -0.493 e. The van der Waals surface area contributed by atoms with Crippen LogP contribution in [0.25, 0.3) is 11.0 Å². The van der Waals surface area contributed by atoms with E-state index in [-0.39, 0.29) is 24.6 Å². The maximum atomic E-state index is 11.9. The van der Waals surface area contributed by atoms with E-state index < -0.39 is 0 Å². The number of carbonyl (C=O) groups excluding carboxylic acids is 1. The van der Waals surface area contributed by atoms with E-state index >= 15 is 0 Å². The monoisotopic (exact) mass is 375 g/mol. The van der Waals surface area contributed by atoms with E-state index in [9.17, 15) is 9.59 Å². The quantitative estimate of drug-likeness (QED) is 0.640. The molecule has 0 radical (unpaired) electrons. The zero-order valence-corrected chi connectivity index (χ0v) is 13.6. The van der Waals surface area contributed by atoms with Crippen molar-refractivity contribution in [2.24, 2.45) is 0 Å². The number of hydrogen-bond donors (Lipinski definition) is 3. The van der Waals surface area contributed by atoms with Gasteiger partial charge in [0, 0.05) is 10.2 Å². The highest BCUT2D eigenvalue weighted by Gasteiger charge is 2.05. The van der Waals surface area contributed by atoms with Gasteiger partial charge in [0.15, 0.2) is 0 Å². The summed E-state index contributed by atoms with van der Waals surface area (Å²) in [5.74, 6) is 0.552. The molecule has 1 aromatic heterocycles. The summed E-state index contributed by atoms with van der Waals surface area (Å²) < 4.78 is 6.45. The molecule has 23 heavy (non-hydrogen) atoms. The molecule has 0 aliphatic rings. The van der Waals surface area contributed by atoms with Gasteiger partial charge < -0.3 is 20.0 Å². The number of benzene rings is 2. The second-order valence-corrected chi connectivity index (χ2v) is 5.86. The van der Waals surface area contributed by atoms with Gasteiger partial charge in [0.25, 0.3) is 0 Å². The van der Waals surface area contributed by atoms with E-state index in [0.717, 1.165) is 4.47 Å². The zero-order chi connectivity index (χ0) is 16.2. The first kappa shape index (κ1) is 15.4. The minimum absolute atomic E-state index is 0.155. The number of amides is 1. The Kier molecular flexibility index (Phi) is 4.47. The molecule has 0 aliphatic carbocycles. The lowest BCUT2D eigenvalue weighted by Gasteiger charge is -2.07. The maximum absolute atomic E-state index is 11.9. The molecule has 0 aliphatic heterocycles. The first-order valence-electron chi connectivity index (χ1n) is 7.00. The van der Waals surface area contributed by atoms with Crippen molar-refractivity contribution in [1.29, 1.82) is 0 Å². The van der Waals surface area contributed by atoms with E-state index in [1.165, 1.54) is 0 Å². The molecule has 0 saturated carbocycles. The Labute approximate surface area is 140 Å². The lowest BCUT2D eigenvalue weighted by atomic mass is 10.2. The second-order valence-electron chi connectivity index (χ2n) is 4.94. The molecule has 6 nitrogen and oxygen atoms in total. The van der Waals surface area contributed by atoms with Crippen LogP contribution in [0.5, 0.6) is 5.75 Å². The van der Waals surface area contributed by atoms with Crippen molar-refractivity contribution < 1.29 is 9.53 Å². The number of ether oxygens (including phenoxy) is 1. The van der Waals surface area contributed by atoms with Gasteiger partial charge in [-0.25, -0.2) is 4.79 Å². The molecule has 7 heteroatoms. The van der Waals surface area contributed by atoms with Gasteiger partial charge >= 0.3 is 5.69 Å². The van der Waals surface area contributed by atoms with E-state index in [1.807, 2.05) is 24.3 Å². The predicted octanol–water partition coefficient (Wildman–Crippen LogP) is 3.03. The third-order valence-corrected chi connectivity index (χ3v) is 3.69. The Bertz CT molecular complexity index is 901. The van der Waals surface area contributed by atoms with Crippen LogP contribution in [0.15, 0.2) is 51.7 Å². The summed E-state index contributed by atoms with van der Waals surface area (Å²) in [6, 6.07) is 12.6. The topological polar surface area (TPSA) is 87.0 Å². The zero-order valence-electron chi connectivity index (χ0n) is 12.1. The number of rotatable bonds is 5. The first-order valence-corrected chi connectivity index (χ1v) is 7.80. The number of aromatic amines is 2. The molecule has 0 saturated heterocycles. The molecule has 0 spiro atoms. The second kappa shape index (κ2) is 6.70. The number of carbonyl (C=O) groups is 1. The molecule has 118 valence electrons. The third-order valence-electron chi connectivity index (χ3n) is 3.19. The maximum Gasteiger partial charge on any atom is 0.323 e. The Balaban J connectivity index is 1.54. The number of imidazole rings is 1. The summed E-state index contributed by atoms with van der Waals surface area (Å²) >= 11 is 3.36. The fraction of sp³-hybridized carbons (Fsp3) is 0.125. The van der Waals surface area contributed by atoms with Crippen LogP contribution in [0.2, 0.25) is 0 Å². The number of nitrogens with one attached hydrogen (secondary N) is 3. The number of aromatic nitrogens is 2. The number of halogens is 1. The molecule has 0 fully saturated rings. The molecule has 3 aromatic rings. The highest BCUT2D eigenvalue weighted by atomic mass is 79.9. The molecular formula is C16H14BrN3O3. The van der Waals surface area contributed by atoms with Crippen molar-refractivity contribution in [2.75, 3.05) is 11.9 Å². The average molecular weight is 376 g/mol. The molecule has 2 aromatic carbocycles. The van der Waals surface area contributed by atoms with Crippen molar-refractivity contribution in [3.63, 3.8) is 0 Å². The van der Waals surface area contributed by atoms with Crippen LogP contribution >= 0.6 is 15.9 Å². The van der Waals surface area contributed by atoms with Crippen LogP contribution in [0.1, 0.15) is 6.42 Å². The molecule has 1 amide bonds. The molecule has 1 heterocycles. The van der Waals surface area contributed by atoms with Crippen molar-refractivity contribution in [3.05, 3.63) is 57.4 Å². The average Bonchev–Trinajstić information content (AvgIpc) is 2.86. The summed E-state index contributed by atoms with van der Waals surface area (Å²) in [5, 5.41) is 2.78. The Morgan fingerprint density at radius 1 is 1.13 bits per heavy atom. The van der Waals surface area contributed by atoms with E-state index in [4.69, 9.17) is 4.74 Å². The van der Waals surface area contributed by atoms with Gasteiger partial charge in [0.1, 0.15) is 5.75 Å². The molecule has 0 unspecified atom stereocenters. The first-order chi connectivity index (χ1) is 11.1. The van der Waals surface area contributed by atoms with Crippen LogP contribution in [-0.4, -0.2) is 22.5 Å². The van der Waals surface area contributed by atoms with Crippen LogP contribution in [0.3, 0.4) is 0 Å². The lowest BCUT2D eigenvalue weighted by Crippen LogP contribution is -2.15. The van der Waals surface area contributed by atoms with Crippen molar-refractivity contribution in [1.82, 2.24) is 9.97 Å². The molecule has 0 atom stereocenters. The van der Waals surface area contributed by atoms with Gasteiger partial charge in [-0.3, -0.25) is 4.79 Å².